The first-order chi connectivity index (χ1) is 12.2. The van der Waals surface area contributed by atoms with Crippen molar-refractivity contribution < 1.29 is 4.79 Å². The predicted octanol–water partition coefficient (Wildman–Crippen LogP) is 2.23. The van der Waals surface area contributed by atoms with Crippen molar-refractivity contribution >= 4 is 36.5 Å². The third-order valence-electron chi connectivity index (χ3n) is 4.56. The van der Waals surface area contributed by atoms with Crippen LogP contribution in [-0.4, -0.2) is 40.8 Å². The van der Waals surface area contributed by atoms with Crippen molar-refractivity contribution in [1.29, 1.82) is 0 Å². The van der Waals surface area contributed by atoms with Gasteiger partial charge in [0.2, 0.25) is 5.91 Å². The lowest BCUT2D eigenvalue weighted by Crippen LogP contribution is -2.35. The molecule has 1 saturated heterocycles. The molecule has 2 aromatic rings. The Morgan fingerprint density at radius 3 is 2.48 bits per heavy atom. The van der Waals surface area contributed by atoms with Gasteiger partial charge in [0.25, 0.3) is 0 Å². The molecule has 3 rings (SSSR count). The van der Waals surface area contributed by atoms with E-state index in [1.165, 1.54) is 19.3 Å². The molecule has 2 aromatic heterocycles. The Labute approximate surface area is 172 Å². The number of nitrogens with one attached hydrogen (secondary N) is 2. The minimum absolute atomic E-state index is 0. The number of hydrogen-bond donors (Lipinski definition) is 2. The van der Waals surface area contributed by atoms with Crippen molar-refractivity contribution in [1.82, 2.24) is 25.4 Å². The molecule has 2 N–H and O–H groups in total. The van der Waals surface area contributed by atoms with Crippen LogP contribution in [0.1, 0.15) is 36.4 Å². The highest BCUT2D eigenvalue weighted by molar-refractivity contribution is 5.85. The number of halogens is 2. The summed E-state index contributed by atoms with van der Waals surface area (Å²) in [5.41, 5.74) is 1.84. The first-order valence-corrected chi connectivity index (χ1v) is 8.81. The van der Waals surface area contributed by atoms with Crippen molar-refractivity contribution in [2.75, 3.05) is 25.0 Å². The minimum atomic E-state index is -0.408. The van der Waals surface area contributed by atoms with Gasteiger partial charge in [0.05, 0.1) is 6.20 Å². The number of carbonyl (C=O) groups excluding carboxylic acids is 1. The van der Waals surface area contributed by atoms with Crippen LogP contribution in [0.4, 0.5) is 5.82 Å². The monoisotopic (exact) mass is 414 g/mol. The molecular formula is C18H28Cl2N6O. The molecule has 1 fully saturated rings. The normalized spacial score (nSPS) is 14.7. The maximum atomic E-state index is 12.4. The minimum Gasteiger partial charge on any atom is -0.357 e. The molecule has 0 saturated carbocycles. The molecule has 27 heavy (non-hydrogen) atoms. The van der Waals surface area contributed by atoms with Crippen molar-refractivity contribution in [2.24, 2.45) is 7.05 Å². The molecule has 7 nitrogen and oxygen atoms in total. The number of anilines is 1. The summed E-state index contributed by atoms with van der Waals surface area (Å²) in [7, 11) is 3.61. The number of likely N-dealkylation sites (N-methyl/N-ethyl adjacent to an activating group) is 1. The summed E-state index contributed by atoms with van der Waals surface area (Å²) in [6, 6.07) is 3.67. The smallest absolute Gasteiger partial charge is 0.242 e. The van der Waals surface area contributed by atoms with E-state index in [-0.39, 0.29) is 30.7 Å². The zero-order chi connectivity index (χ0) is 17.6. The van der Waals surface area contributed by atoms with Crippen LogP contribution >= 0.6 is 24.8 Å². The summed E-state index contributed by atoms with van der Waals surface area (Å²) in [6.07, 6.45) is 9.18. The maximum absolute atomic E-state index is 12.4. The van der Waals surface area contributed by atoms with Crippen molar-refractivity contribution in [3.63, 3.8) is 0 Å². The summed E-state index contributed by atoms with van der Waals surface area (Å²) < 4.78 is 1.69. The second kappa shape index (κ2) is 11.1. The Balaban J connectivity index is 0.00000182. The van der Waals surface area contributed by atoms with Gasteiger partial charge in [0.1, 0.15) is 11.9 Å². The van der Waals surface area contributed by atoms with Crippen LogP contribution in [0, 0.1) is 0 Å². The molecule has 1 aliphatic heterocycles. The highest BCUT2D eigenvalue weighted by Crippen LogP contribution is 2.17. The first-order valence-electron chi connectivity index (χ1n) is 8.81. The fourth-order valence-corrected chi connectivity index (χ4v) is 3.16. The highest BCUT2D eigenvalue weighted by atomic mass is 35.5. The molecule has 0 aliphatic carbocycles. The molecule has 0 radical (unpaired) electrons. The van der Waals surface area contributed by atoms with Crippen LogP contribution in [-0.2, 0) is 18.4 Å². The number of carbonyl (C=O) groups is 1. The Bertz CT molecular complexity index is 700. The van der Waals surface area contributed by atoms with Crippen LogP contribution in [0.15, 0.2) is 30.7 Å². The van der Waals surface area contributed by atoms with Gasteiger partial charge in [-0.2, -0.15) is 5.10 Å². The van der Waals surface area contributed by atoms with Gasteiger partial charge >= 0.3 is 0 Å². The fourth-order valence-electron chi connectivity index (χ4n) is 3.16. The summed E-state index contributed by atoms with van der Waals surface area (Å²) in [5.74, 6) is 0.953. The Kier molecular flexibility index (Phi) is 9.55. The maximum Gasteiger partial charge on any atom is 0.242 e. The molecule has 0 bridgehead atoms. The number of piperidine rings is 1. The number of amides is 1. The van der Waals surface area contributed by atoms with E-state index in [2.05, 4.69) is 25.6 Å². The Hall–Kier alpha value is -1.83. The van der Waals surface area contributed by atoms with E-state index >= 15 is 0 Å². The molecule has 9 heteroatoms. The van der Waals surface area contributed by atoms with Gasteiger partial charge in [0.15, 0.2) is 0 Å². The number of pyridine rings is 1. The molecule has 1 amide bonds. The summed E-state index contributed by atoms with van der Waals surface area (Å²) in [5, 5.41) is 10.1. The average Bonchev–Trinajstić information content (AvgIpc) is 3.08. The van der Waals surface area contributed by atoms with Gasteiger partial charge in [-0.1, -0.05) is 6.07 Å². The lowest BCUT2D eigenvalue weighted by molar-refractivity contribution is -0.123. The van der Waals surface area contributed by atoms with E-state index in [0.29, 0.717) is 6.54 Å². The second-order valence-electron chi connectivity index (χ2n) is 6.46. The van der Waals surface area contributed by atoms with E-state index in [4.69, 9.17) is 0 Å². The van der Waals surface area contributed by atoms with E-state index in [1.807, 2.05) is 31.6 Å². The molecule has 1 aliphatic rings. The largest absolute Gasteiger partial charge is 0.357 e. The second-order valence-corrected chi connectivity index (χ2v) is 6.46. The molecule has 1 atom stereocenters. The number of rotatable bonds is 6. The van der Waals surface area contributed by atoms with Gasteiger partial charge in [-0.05, 0) is 37.9 Å². The summed E-state index contributed by atoms with van der Waals surface area (Å²) in [4.78, 5) is 19.3. The standard InChI is InChI=1S/C18H26N6O.2ClH/c1-19-17(15-12-22-23(2)13-15)18(25)21-11-14-6-7-16(20-10-14)24-8-4-3-5-9-24;;/h6-7,10,12-13,17,19H,3-5,8-9,11H2,1-2H3,(H,21,25);2*1H. The SMILES string of the molecule is CNC(C(=O)NCc1ccc(N2CCCCC2)nc1)c1cnn(C)c1.Cl.Cl. The number of hydrogen-bond acceptors (Lipinski definition) is 5. The van der Waals surface area contributed by atoms with E-state index in [9.17, 15) is 4.79 Å². The van der Waals surface area contributed by atoms with Crippen molar-refractivity contribution in [3.8, 4) is 0 Å². The molecule has 150 valence electrons. The van der Waals surface area contributed by atoms with Crippen LogP contribution in [0.5, 0.6) is 0 Å². The van der Waals surface area contributed by atoms with Gasteiger partial charge in [-0.25, -0.2) is 4.98 Å². The Morgan fingerprint density at radius 1 is 1.19 bits per heavy atom. The lowest BCUT2D eigenvalue weighted by Gasteiger charge is -2.27. The lowest BCUT2D eigenvalue weighted by atomic mass is 10.1. The van der Waals surface area contributed by atoms with Gasteiger partial charge in [-0.15, -0.1) is 24.8 Å². The summed E-state index contributed by atoms with van der Waals surface area (Å²) in [6.45, 7) is 2.63. The highest BCUT2D eigenvalue weighted by Gasteiger charge is 2.19. The molecular weight excluding hydrogens is 387 g/mol. The summed E-state index contributed by atoms with van der Waals surface area (Å²) >= 11 is 0. The topological polar surface area (TPSA) is 75.1 Å². The predicted molar refractivity (Wildman–Crippen MR) is 112 cm³/mol. The number of nitrogens with zero attached hydrogens (tertiary/aromatic N) is 4. The number of aromatic nitrogens is 3. The first kappa shape index (κ1) is 23.2. The molecule has 0 aromatic carbocycles. The van der Waals surface area contributed by atoms with E-state index in [0.717, 1.165) is 30.0 Å². The van der Waals surface area contributed by atoms with Gasteiger partial charge < -0.3 is 15.5 Å². The van der Waals surface area contributed by atoms with E-state index < -0.39 is 6.04 Å². The van der Waals surface area contributed by atoms with Crippen LogP contribution in [0.2, 0.25) is 0 Å². The van der Waals surface area contributed by atoms with Crippen LogP contribution in [0.25, 0.3) is 0 Å². The Morgan fingerprint density at radius 2 is 1.93 bits per heavy atom. The zero-order valence-corrected chi connectivity index (χ0v) is 17.4. The fraction of sp³-hybridized carbons (Fsp3) is 0.500. The van der Waals surface area contributed by atoms with Crippen molar-refractivity contribution in [2.45, 2.75) is 31.8 Å². The van der Waals surface area contributed by atoms with Gasteiger partial charge in [-0.3, -0.25) is 9.48 Å². The zero-order valence-electron chi connectivity index (χ0n) is 15.7. The van der Waals surface area contributed by atoms with Crippen molar-refractivity contribution in [3.05, 3.63) is 41.9 Å². The van der Waals surface area contributed by atoms with Gasteiger partial charge in [0, 0.05) is 44.6 Å². The van der Waals surface area contributed by atoms with Crippen LogP contribution in [0.3, 0.4) is 0 Å². The molecule has 1 unspecified atom stereocenters. The molecule has 3 heterocycles. The third kappa shape index (κ3) is 6.09. The third-order valence-corrected chi connectivity index (χ3v) is 4.56. The van der Waals surface area contributed by atoms with E-state index in [1.54, 1.807) is 17.9 Å². The quantitative estimate of drug-likeness (QED) is 0.757. The van der Waals surface area contributed by atoms with Crippen LogP contribution < -0.4 is 15.5 Å². The number of aryl methyl sites for hydroxylation is 1. The average molecular weight is 415 g/mol. The molecule has 0 spiro atoms.